The zero-order valence-corrected chi connectivity index (χ0v) is 12.2. The summed E-state index contributed by atoms with van der Waals surface area (Å²) in [5.74, 6) is -6.31. The maximum absolute atomic E-state index is 11.6. The molecule has 0 aliphatic rings. The van der Waals surface area contributed by atoms with Gasteiger partial charge in [-0.2, -0.15) is 0 Å². The third-order valence-electron chi connectivity index (χ3n) is 2.54. The average Bonchev–Trinajstić information content (AvgIpc) is 2.43. The Bertz CT molecular complexity index is 458. The van der Waals surface area contributed by atoms with E-state index in [-0.39, 0.29) is 0 Å². The molecule has 0 spiro atoms. The maximum Gasteiger partial charge on any atom is 0.349 e. The number of hydrogen-bond acceptors (Lipinski definition) is 9. The molecule has 3 atom stereocenters. The molecule has 0 aromatic heterocycles. The fraction of sp³-hybridized carbons (Fsp3) is 0.667. The van der Waals surface area contributed by atoms with Crippen LogP contribution < -0.4 is 0 Å². The molecule has 0 amide bonds. The SMILES string of the molecule is CC(O)C(=O)OC(CC(=O)O)(CC(=O)OCC(O)CO)C(=O)O. The maximum atomic E-state index is 11.6. The molecule has 0 aromatic carbocycles. The van der Waals surface area contributed by atoms with Crippen molar-refractivity contribution in [2.75, 3.05) is 13.2 Å². The van der Waals surface area contributed by atoms with Crippen LogP contribution in [-0.2, 0) is 28.7 Å². The molecule has 0 saturated carbocycles. The topological polar surface area (TPSA) is 188 Å². The second-order valence-electron chi connectivity index (χ2n) is 4.66. The van der Waals surface area contributed by atoms with Gasteiger partial charge in [0.05, 0.1) is 19.4 Å². The zero-order valence-electron chi connectivity index (χ0n) is 12.2. The summed E-state index contributed by atoms with van der Waals surface area (Å²) in [6, 6.07) is 0. The molecule has 0 aromatic rings. The normalized spacial score (nSPS) is 15.8. The minimum atomic E-state index is -2.78. The predicted octanol–water partition coefficient (Wildman–Crippen LogP) is -2.50. The Morgan fingerprint density at radius 3 is 2.04 bits per heavy atom. The monoisotopic (exact) mass is 338 g/mol. The second-order valence-corrected chi connectivity index (χ2v) is 4.66. The smallest absolute Gasteiger partial charge is 0.349 e. The predicted molar refractivity (Wildman–Crippen MR) is 69.1 cm³/mol. The highest BCUT2D eigenvalue weighted by atomic mass is 16.6. The molecule has 0 bridgehead atoms. The van der Waals surface area contributed by atoms with Crippen molar-refractivity contribution in [2.24, 2.45) is 0 Å². The van der Waals surface area contributed by atoms with Crippen LogP contribution in [0.15, 0.2) is 0 Å². The minimum absolute atomic E-state index is 0.664. The standard InChI is InChI=1S/C12H18O11/c1-6(14)10(19)23-12(11(20)21,2-8(16)17)3-9(18)22-5-7(15)4-13/h6-7,13-15H,2-5H2,1H3,(H,16,17)(H,20,21). The molecule has 23 heavy (non-hydrogen) atoms. The van der Waals surface area contributed by atoms with Crippen molar-refractivity contribution < 1.29 is 54.2 Å². The summed E-state index contributed by atoms with van der Waals surface area (Å²) in [6.45, 7) is -0.419. The van der Waals surface area contributed by atoms with Crippen LogP contribution in [0.3, 0.4) is 0 Å². The molecule has 0 saturated heterocycles. The van der Waals surface area contributed by atoms with Gasteiger partial charge in [0.2, 0.25) is 5.60 Å². The van der Waals surface area contributed by atoms with Gasteiger partial charge < -0.3 is 35.0 Å². The number of aliphatic hydroxyl groups is 3. The summed E-state index contributed by atoms with van der Waals surface area (Å²) in [7, 11) is 0. The molecule has 0 radical (unpaired) electrons. The average molecular weight is 338 g/mol. The summed E-state index contributed by atoms with van der Waals surface area (Å²) in [5.41, 5.74) is -2.78. The summed E-state index contributed by atoms with van der Waals surface area (Å²) in [5, 5.41) is 44.6. The molecule has 0 fully saturated rings. The first-order valence-corrected chi connectivity index (χ1v) is 6.34. The lowest BCUT2D eigenvalue weighted by Gasteiger charge is -2.27. The quantitative estimate of drug-likeness (QED) is 0.265. The van der Waals surface area contributed by atoms with Crippen LogP contribution in [0.2, 0.25) is 0 Å². The van der Waals surface area contributed by atoms with Crippen LogP contribution in [0.25, 0.3) is 0 Å². The first kappa shape index (κ1) is 20.8. The van der Waals surface area contributed by atoms with E-state index in [0.29, 0.717) is 0 Å². The summed E-state index contributed by atoms with van der Waals surface area (Å²) in [6.07, 6.45) is -5.56. The van der Waals surface area contributed by atoms with E-state index < -0.39 is 67.7 Å². The molecular formula is C12H18O11. The van der Waals surface area contributed by atoms with Crippen molar-refractivity contribution in [3.8, 4) is 0 Å². The number of hydrogen-bond donors (Lipinski definition) is 5. The summed E-state index contributed by atoms with van der Waals surface area (Å²) < 4.78 is 8.96. The van der Waals surface area contributed by atoms with Gasteiger partial charge in [0.25, 0.3) is 0 Å². The van der Waals surface area contributed by atoms with Gasteiger partial charge in [-0.15, -0.1) is 0 Å². The number of carbonyl (C=O) groups excluding carboxylic acids is 2. The molecule has 0 aliphatic heterocycles. The van der Waals surface area contributed by atoms with Crippen molar-refractivity contribution in [1.29, 1.82) is 0 Å². The largest absolute Gasteiger partial charge is 0.481 e. The van der Waals surface area contributed by atoms with E-state index in [1.54, 1.807) is 0 Å². The van der Waals surface area contributed by atoms with Crippen molar-refractivity contribution in [3.05, 3.63) is 0 Å². The molecular weight excluding hydrogens is 320 g/mol. The fourth-order valence-corrected chi connectivity index (χ4v) is 1.38. The van der Waals surface area contributed by atoms with E-state index in [2.05, 4.69) is 9.47 Å². The van der Waals surface area contributed by atoms with E-state index >= 15 is 0 Å². The highest BCUT2D eigenvalue weighted by molar-refractivity contribution is 5.91. The number of rotatable bonds is 10. The highest BCUT2D eigenvalue weighted by Crippen LogP contribution is 2.23. The first-order valence-electron chi connectivity index (χ1n) is 6.34. The van der Waals surface area contributed by atoms with Crippen LogP contribution in [-0.4, -0.2) is 80.4 Å². The lowest BCUT2D eigenvalue weighted by atomic mass is 9.95. The van der Waals surface area contributed by atoms with Gasteiger partial charge in [0.1, 0.15) is 18.8 Å². The highest BCUT2D eigenvalue weighted by Gasteiger charge is 2.48. The van der Waals surface area contributed by atoms with Crippen molar-refractivity contribution >= 4 is 23.9 Å². The van der Waals surface area contributed by atoms with Crippen LogP contribution >= 0.6 is 0 Å². The Morgan fingerprint density at radius 1 is 1.09 bits per heavy atom. The van der Waals surface area contributed by atoms with Gasteiger partial charge in [-0.05, 0) is 6.92 Å². The molecule has 11 nitrogen and oxygen atoms in total. The van der Waals surface area contributed by atoms with E-state index in [4.69, 9.17) is 25.5 Å². The number of carboxylic acids is 2. The van der Waals surface area contributed by atoms with Crippen LogP contribution in [0.1, 0.15) is 19.8 Å². The van der Waals surface area contributed by atoms with Crippen LogP contribution in [0.4, 0.5) is 0 Å². The Morgan fingerprint density at radius 2 is 1.65 bits per heavy atom. The van der Waals surface area contributed by atoms with Crippen LogP contribution in [0.5, 0.6) is 0 Å². The Kier molecular flexibility index (Phi) is 8.15. The molecule has 0 rings (SSSR count). The summed E-state index contributed by atoms with van der Waals surface area (Å²) >= 11 is 0. The van der Waals surface area contributed by atoms with E-state index in [1.807, 2.05) is 0 Å². The van der Waals surface area contributed by atoms with E-state index in [0.717, 1.165) is 6.92 Å². The summed E-state index contributed by atoms with van der Waals surface area (Å²) in [4.78, 5) is 45.1. The number of esters is 2. The van der Waals surface area contributed by atoms with Gasteiger partial charge in [0, 0.05) is 0 Å². The van der Waals surface area contributed by atoms with Crippen LogP contribution in [0, 0.1) is 0 Å². The number of carboxylic acid groups (broad SMARTS) is 2. The zero-order chi connectivity index (χ0) is 18.2. The molecule has 3 unspecified atom stereocenters. The number of carbonyl (C=O) groups is 4. The molecule has 0 heterocycles. The van der Waals surface area contributed by atoms with Gasteiger partial charge in [-0.1, -0.05) is 0 Å². The Hall–Kier alpha value is -2.24. The number of aliphatic hydroxyl groups excluding tert-OH is 3. The van der Waals surface area contributed by atoms with Crippen molar-refractivity contribution in [2.45, 2.75) is 37.6 Å². The lowest BCUT2D eigenvalue weighted by molar-refractivity contribution is -0.191. The molecule has 5 N–H and O–H groups in total. The van der Waals surface area contributed by atoms with E-state index in [9.17, 15) is 19.2 Å². The Balaban J connectivity index is 5.23. The van der Waals surface area contributed by atoms with Gasteiger partial charge in [0.15, 0.2) is 0 Å². The molecule has 132 valence electrons. The number of aliphatic carboxylic acids is 2. The molecule has 0 aliphatic carbocycles. The van der Waals surface area contributed by atoms with Gasteiger partial charge in [-0.3, -0.25) is 9.59 Å². The first-order chi connectivity index (χ1) is 10.5. The van der Waals surface area contributed by atoms with Gasteiger partial charge >= 0.3 is 23.9 Å². The fourth-order valence-electron chi connectivity index (χ4n) is 1.38. The number of ether oxygens (including phenoxy) is 2. The Labute approximate surface area is 130 Å². The van der Waals surface area contributed by atoms with Crippen molar-refractivity contribution in [3.63, 3.8) is 0 Å². The molecule has 11 heteroatoms. The second kappa shape index (κ2) is 9.02. The lowest BCUT2D eigenvalue weighted by Crippen LogP contribution is -2.48. The van der Waals surface area contributed by atoms with Gasteiger partial charge in [-0.25, -0.2) is 9.59 Å². The van der Waals surface area contributed by atoms with E-state index in [1.165, 1.54) is 0 Å². The minimum Gasteiger partial charge on any atom is -0.481 e. The van der Waals surface area contributed by atoms with Crippen molar-refractivity contribution in [1.82, 2.24) is 0 Å². The third-order valence-corrected chi connectivity index (χ3v) is 2.54. The third kappa shape index (κ3) is 7.04.